The molecule has 0 radical (unpaired) electrons. The van der Waals surface area contributed by atoms with Crippen molar-refractivity contribution in [3.63, 3.8) is 0 Å². The Hall–Kier alpha value is -0.0800. The molecule has 2 N–H and O–H groups in total. The van der Waals surface area contributed by atoms with E-state index in [1.54, 1.807) is 7.11 Å². The summed E-state index contributed by atoms with van der Waals surface area (Å²) in [4.78, 5) is 4.55. The Morgan fingerprint density at radius 2 is 2.19 bits per heavy atom. The molecule has 4 atom stereocenters. The fourth-order valence-corrected chi connectivity index (χ4v) is 3.58. The molecule has 124 valence electrons. The van der Waals surface area contributed by atoms with Crippen LogP contribution in [0.25, 0.3) is 0 Å². The molecular weight excluding hydrogens is 381 g/mol. The molecule has 0 aromatic carbocycles. The molecule has 6 heteroatoms. The molecule has 4 unspecified atom stereocenters. The summed E-state index contributed by atoms with van der Waals surface area (Å²) in [5.41, 5.74) is 0.169. The average molecular weight is 411 g/mol. The van der Waals surface area contributed by atoms with Gasteiger partial charge in [-0.3, -0.25) is 4.99 Å². The Balaban J connectivity index is 0.00000220. The van der Waals surface area contributed by atoms with Crippen molar-refractivity contribution in [1.82, 2.24) is 10.6 Å². The van der Waals surface area contributed by atoms with E-state index in [2.05, 4.69) is 43.3 Å². The lowest BCUT2D eigenvalue weighted by Gasteiger charge is -2.55. The summed E-state index contributed by atoms with van der Waals surface area (Å²) in [6.45, 7) is 11.0. The number of hydrogen-bond acceptors (Lipinski definition) is 3. The Morgan fingerprint density at radius 1 is 1.48 bits per heavy atom. The van der Waals surface area contributed by atoms with Gasteiger partial charge in [-0.1, -0.05) is 13.8 Å². The van der Waals surface area contributed by atoms with E-state index in [-0.39, 0.29) is 35.4 Å². The molecule has 2 rings (SSSR count). The highest BCUT2D eigenvalue weighted by Gasteiger charge is 2.59. The van der Waals surface area contributed by atoms with Crippen LogP contribution in [0.2, 0.25) is 0 Å². The minimum absolute atomic E-state index is 0. The van der Waals surface area contributed by atoms with Crippen LogP contribution in [0.4, 0.5) is 0 Å². The minimum Gasteiger partial charge on any atom is -0.383 e. The van der Waals surface area contributed by atoms with Crippen molar-refractivity contribution >= 4 is 29.9 Å². The molecule has 0 aromatic heterocycles. The number of fused-ring (bicyclic) bond motifs is 1. The quantitative estimate of drug-likeness (QED) is 0.413. The summed E-state index contributed by atoms with van der Waals surface area (Å²) in [5, 5.41) is 7.02. The Bertz CT molecular complexity index is 363. The maximum atomic E-state index is 5.84. The van der Waals surface area contributed by atoms with E-state index in [1.165, 1.54) is 0 Å². The number of hydrogen-bond donors (Lipinski definition) is 2. The highest BCUT2D eigenvalue weighted by Crippen LogP contribution is 2.52. The fraction of sp³-hybridized carbons (Fsp3) is 0.933. The summed E-state index contributed by atoms with van der Waals surface area (Å²) in [6, 6.07) is 0.680. The molecule has 2 aliphatic rings. The summed E-state index contributed by atoms with van der Waals surface area (Å²) in [6.07, 6.45) is 1.55. The van der Waals surface area contributed by atoms with E-state index in [1.807, 2.05) is 0 Å². The third-order valence-corrected chi connectivity index (χ3v) is 4.51. The second-order valence-corrected chi connectivity index (χ2v) is 6.51. The zero-order valence-corrected chi connectivity index (χ0v) is 16.1. The van der Waals surface area contributed by atoms with Crippen LogP contribution in [0.15, 0.2) is 4.99 Å². The molecule has 21 heavy (non-hydrogen) atoms. The van der Waals surface area contributed by atoms with Gasteiger partial charge in [0.1, 0.15) is 0 Å². The average Bonchev–Trinajstić information content (AvgIpc) is 2.83. The van der Waals surface area contributed by atoms with Crippen LogP contribution in [0.5, 0.6) is 0 Å². The van der Waals surface area contributed by atoms with Gasteiger partial charge in [0, 0.05) is 43.7 Å². The lowest BCUT2D eigenvalue weighted by Crippen LogP contribution is -2.68. The van der Waals surface area contributed by atoms with Gasteiger partial charge in [0.15, 0.2) is 5.96 Å². The molecule has 1 saturated carbocycles. The van der Waals surface area contributed by atoms with Crippen LogP contribution in [0, 0.1) is 11.3 Å². The largest absolute Gasteiger partial charge is 0.383 e. The molecule has 0 amide bonds. The first-order valence-electron chi connectivity index (χ1n) is 7.68. The van der Waals surface area contributed by atoms with Crippen molar-refractivity contribution in [3.8, 4) is 0 Å². The second kappa shape index (κ2) is 7.97. The molecule has 1 aliphatic heterocycles. The van der Waals surface area contributed by atoms with Gasteiger partial charge in [-0.2, -0.15) is 0 Å². The van der Waals surface area contributed by atoms with Crippen molar-refractivity contribution in [2.45, 2.75) is 52.3 Å². The molecule has 0 bridgehead atoms. The molecule has 0 spiro atoms. The van der Waals surface area contributed by atoms with Crippen molar-refractivity contribution in [3.05, 3.63) is 0 Å². The van der Waals surface area contributed by atoms with Gasteiger partial charge in [-0.05, 0) is 20.3 Å². The first-order chi connectivity index (χ1) is 9.50. The number of aliphatic imine (C=N–C) groups is 1. The van der Waals surface area contributed by atoms with Gasteiger partial charge in [0.05, 0.1) is 12.7 Å². The second-order valence-electron chi connectivity index (χ2n) is 6.51. The van der Waals surface area contributed by atoms with E-state index < -0.39 is 0 Å². The van der Waals surface area contributed by atoms with Crippen LogP contribution >= 0.6 is 24.0 Å². The van der Waals surface area contributed by atoms with Crippen LogP contribution in [-0.4, -0.2) is 51.0 Å². The van der Waals surface area contributed by atoms with Crippen LogP contribution < -0.4 is 10.6 Å². The molecule has 1 aliphatic carbocycles. The zero-order chi connectivity index (χ0) is 14.8. The summed E-state index contributed by atoms with van der Waals surface area (Å²) in [5.74, 6) is 1.51. The molecule has 5 nitrogen and oxygen atoms in total. The maximum Gasteiger partial charge on any atom is 0.191 e. The van der Waals surface area contributed by atoms with Crippen LogP contribution in [0.1, 0.15) is 34.1 Å². The highest BCUT2D eigenvalue weighted by molar-refractivity contribution is 14.0. The lowest BCUT2D eigenvalue weighted by atomic mass is 9.57. The molecule has 2 fully saturated rings. The van der Waals surface area contributed by atoms with Crippen molar-refractivity contribution < 1.29 is 9.47 Å². The van der Waals surface area contributed by atoms with Gasteiger partial charge in [0.2, 0.25) is 0 Å². The summed E-state index contributed by atoms with van der Waals surface area (Å²) in [7, 11) is 1.72. The topological polar surface area (TPSA) is 54.9 Å². The summed E-state index contributed by atoms with van der Waals surface area (Å²) < 4.78 is 11.0. The Kier molecular flexibility index (Phi) is 7.19. The van der Waals surface area contributed by atoms with E-state index >= 15 is 0 Å². The first kappa shape index (κ1) is 19.0. The number of ether oxygens (including phenoxy) is 2. The SMILES string of the molecule is CCN=C(NC(C)COC)NC1C2CCOC2C1(C)C.I. The Morgan fingerprint density at radius 3 is 2.81 bits per heavy atom. The van der Waals surface area contributed by atoms with E-state index in [0.29, 0.717) is 24.7 Å². The molecule has 1 heterocycles. The smallest absolute Gasteiger partial charge is 0.191 e. The monoisotopic (exact) mass is 411 g/mol. The van der Waals surface area contributed by atoms with E-state index in [9.17, 15) is 0 Å². The van der Waals surface area contributed by atoms with Crippen molar-refractivity contribution in [1.29, 1.82) is 0 Å². The molecule has 0 aromatic rings. The Labute approximate surface area is 145 Å². The fourth-order valence-electron chi connectivity index (χ4n) is 3.58. The lowest BCUT2D eigenvalue weighted by molar-refractivity contribution is -0.106. The maximum absolute atomic E-state index is 5.84. The normalized spacial score (nSPS) is 31.7. The number of halogens is 1. The van der Waals surface area contributed by atoms with Crippen molar-refractivity contribution in [2.75, 3.05) is 26.9 Å². The van der Waals surface area contributed by atoms with E-state index in [4.69, 9.17) is 9.47 Å². The van der Waals surface area contributed by atoms with Gasteiger partial charge in [-0.25, -0.2) is 0 Å². The van der Waals surface area contributed by atoms with Crippen LogP contribution in [0.3, 0.4) is 0 Å². The van der Waals surface area contributed by atoms with Gasteiger partial charge in [-0.15, -0.1) is 24.0 Å². The van der Waals surface area contributed by atoms with Crippen molar-refractivity contribution in [2.24, 2.45) is 16.3 Å². The predicted octanol–water partition coefficient (Wildman–Crippen LogP) is 2.01. The van der Waals surface area contributed by atoms with Gasteiger partial charge >= 0.3 is 0 Å². The van der Waals surface area contributed by atoms with Gasteiger partial charge in [0.25, 0.3) is 0 Å². The third-order valence-electron chi connectivity index (χ3n) is 4.51. The van der Waals surface area contributed by atoms with Crippen LogP contribution in [-0.2, 0) is 9.47 Å². The molecule has 1 saturated heterocycles. The number of nitrogens with zero attached hydrogens (tertiary/aromatic N) is 1. The standard InChI is InChI=1S/C15H29N3O2.HI/c1-6-16-14(17-10(2)9-19-5)18-12-11-7-8-20-13(11)15(12,3)4;/h10-13H,6-9H2,1-5H3,(H2,16,17,18);1H. The summed E-state index contributed by atoms with van der Waals surface area (Å²) >= 11 is 0. The first-order valence-corrected chi connectivity index (χ1v) is 7.68. The third kappa shape index (κ3) is 4.01. The minimum atomic E-state index is 0. The van der Waals surface area contributed by atoms with Gasteiger partial charge < -0.3 is 20.1 Å². The molecular formula is C15H30IN3O2. The zero-order valence-electron chi connectivity index (χ0n) is 13.8. The number of nitrogens with one attached hydrogen (secondary N) is 2. The number of methoxy groups -OCH3 is 1. The highest BCUT2D eigenvalue weighted by atomic mass is 127. The number of guanidine groups is 1. The predicted molar refractivity (Wildman–Crippen MR) is 96.4 cm³/mol. The number of rotatable bonds is 5. The van der Waals surface area contributed by atoms with E-state index in [0.717, 1.165) is 25.5 Å².